The summed E-state index contributed by atoms with van der Waals surface area (Å²) in [6.45, 7) is 2.83. The molecule has 0 fully saturated rings. The van der Waals surface area contributed by atoms with Crippen LogP contribution in [0.3, 0.4) is 0 Å². The molecule has 0 bridgehead atoms. The van der Waals surface area contributed by atoms with E-state index in [1.165, 1.54) is 0 Å². The quantitative estimate of drug-likeness (QED) is 0.919. The summed E-state index contributed by atoms with van der Waals surface area (Å²) in [7, 11) is 0. The number of rotatable bonds is 2. The molecular formula is C17H16N2O2. The maximum Gasteiger partial charge on any atom is 0.255 e. The van der Waals surface area contributed by atoms with Gasteiger partial charge in [-0.05, 0) is 35.4 Å². The second-order valence-corrected chi connectivity index (χ2v) is 5.18. The van der Waals surface area contributed by atoms with Crippen LogP contribution < -0.4 is 5.32 Å². The van der Waals surface area contributed by atoms with E-state index in [-0.39, 0.29) is 11.8 Å². The van der Waals surface area contributed by atoms with Crippen molar-refractivity contribution in [2.45, 2.75) is 20.0 Å². The fraction of sp³-hybridized carbons (Fsp3) is 0.176. The first kappa shape index (κ1) is 13.4. The molecule has 1 aliphatic heterocycles. The third kappa shape index (κ3) is 2.79. The number of nitrogens with one attached hydrogen (secondary N) is 1. The first-order valence-electron chi connectivity index (χ1n) is 6.87. The Hall–Kier alpha value is -2.62. The van der Waals surface area contributed by atoms with Gasteiger partial charge < -0.3 is 10.2 Å². The molecule has 2 aromatic rings. The van der Waals surface area contributed by atoms with E-state index in [4.69, 9.17) is 0 Å². The molecule has 4 heteroatoms. The lowest BCUT2D eigenvalue weighted by atomic mass is 10.1. The Morgan fingerprint density at radius 3 is 2.43 bits per heavy atom. The lowest BCUT2D eigenvalue weighted by molar-refractivity contribution is -0.129. The summed E-state index contributed by atoms with van der Waals surface area (Å²) in [5.41, 5.74) is 3.62. The zero-order valence-corrected chi connectivity index (χ0v) is 11.8. The predicted octanol–water partition coefficient (Wildman–Crippen LogP) is 2.80. The number of hydrogen-bond acceptors (Lipinski definition) is 2. The maximum atomic E-state index is 12.1. The third-order valence-corrected chi connectivity index (χ3v) is 3.67. The highest BCUT2D eigenvalue weighted by atomic mass is 16.2. The number of amides is 2. The summed E-state index contributed by atoms with van der Waals surface area (Å²) in [5.74, 6) is -0.0574. The molecular weight excluding hydrogens is 264 g/mol. The van der Waals surface area contributed by atoms with Gasteiger partial charge in [0.05, 0.1) is 0 Å². The van der Waals surface area contributed by atoms with Gasteiger partial charge in [0.2, 0.25) is 5.91 Å². The van der Waals surface area contributed by atoms with Gasteiger partial charge in [-0.1, -0.05) is 24.3 Å². The van der Waals surface area contributed by atoms with E-state index < -0.39 is 0 Å². The van der Waals surface area contributed by atoms with Crippen molar-refractivity contribution in [2.75, 3.05) is 5.32 Å². The van der Waals surface area contributed by atoms with Gasteiger partial charge in [-0.3, -0.25) is 9.59 Å². The van der Waals surface area contributed by atoms with E-state index in [1.807, 2.05) is 36.4 Å². The van der Waals surface area contributed by atoms with Gasteiger partial charge in [0, 0.05) is 31.3 Å². The van der Waals surface area contributed by atoms with Crippen LogP contribution in [0.4, 0.5) is 5.69 Å². The number of anilines is 1. The highest BCUT2D eigenvalue weighted by molar-refractivity contribution is 6.04. The van der Waals surface area contributed by atoms with Gasteiger partial charge in [-0.15, -0.1) is 0 Å². The zero-order valence-electron chi connectivity index (χ0n) is 11.8. The van der Waals surface area contributed by atoms with Crippen molar-refractivity contribution in [3.8, 4) is 0 Å². The molecule has 2 aromatic carbocycles. The molecule has 1 heterocycles. The van der Waals surface area contributed by atoms with Gasteiger partial charge in [-0.25, -0.2) is 0 Å². The van der Waals surface area contributed by atoms with Crippen LogP contribution in [-0.2, 0) is 17.9 Å². The lowest BCUT2D eigenvalue weighted by Crippen LogP contribution is -2.21. The molecule has 0 saturated carbocycles. The maximum absolute atomic E-state index is 12.1. The van der Waals surface area contributed by atoms with Crippen LogP contribution in [0.1, 0.15) is 28.4 Å². The van der Waals surface area contributed by atoms with Crippen LogP contribution in [0.25, 0.3) is 0 Å². The van der Waals surface area contributed by atoms with E-state index in [0.717, 1.165) is 16.8 Å². The van der Waals surface area contributed by atoms with E-state index in [0.29, 0.717) is 18.7 Å². The Labute approximate surface area is 123 Å². The molecule has 0 saturated heterocycles. The van der Waals surface area contributed by atoms with Crippen molar-refractivity contribution in [1.82, 2.24) is 4.90 Å². The monoisotopic (exact) mass is 280 g/mol. The van der Waals surface area contributed by atoms with Crippen LogP contribution in [-0.4, -0.2) is 16.7 Å². The smallest absolute Gasteiger partial charge is 0.255 e. The molecule has 0 aliphatic carbocycles. The molecule has 0 unspecified atom stereocenters. The van der Waals surface area contributed by atoms with E-state index in [2.05, 4.69) is 5.32 Å². The first-order valence-corrected chi connectivity index (χ1v) is 6.87. The summed E-state index contributed by atoms with van der Waals surface area (Å²) >= 11 is 0. The number of benzene rings is 2. The average molecular weight is 280 g/mol. The van der Waals surface area contributed by atoms with Gasteiger partial charge in [-0.2, -0.15) is 0 Å². The highest BCUT2D eigenvalue weighted by Gasteiger charge is 2.21. The number of hydrogen-bond donors (Lipinski definition) is 1. The lowest BCUT2D eigenvalue weighted by Gasteiger charge is -2.11. The second kappa shape index (κ2) is 5.40. The van der Waals surface area contributed by atoms with Crippen LogP contribution in [0.5, 0.6) is 0 Å². The molecule has 2 amide bonds. The Kier molecular flexibility index (Phi) is 3.44. The Morgan fingerprint density at radius 2 is 1.71 bits per heavy atom. The fourth-order valence-electron chi connectivity index (χ4n) is 2.49. The van der Waals surface area contributed by atoms with Crippen LogP contribution in [0.15, 0.2) is 48.5 Å². The summed E-state index contributed by atoms with van der Waals surface area (Å²) in [6.07, 6.45) is 0. The number of carbonyl (C=O) groups is 2. The Bertz CT molecular complexity index is 695. The standard InChI is InChI=1S/C17H16N2O2/c1-12(20)19-10-14-7-8-16(9-15(14)11-19)18-17(21)13-5-3-2-4-6-13/h2-9H,10-11H2,1H3,(H,18,21). The van der Waals surface area contributed by atoms with Crippen molar-refractivity contribution < 1.29 is 9.59 Å². The Balaban J connectivity index is 1.76. The van der Waals surface area contributed by atoms with Crippen LogP contribution >= 0.6 is 0 Å². The number of fused-ring (bicyclic) bond motifs is 1. The van der Waals surface area contributed by atoms with E-state index in [1.54, 1.807) is 24.0 Å². The molecule has 21 heavy (non-hydrogen) atoms. The fourth-order valence-corrected chi connectivity index (χ4v) is 2.49. The topological polar surface area (TPSA) is 49.4 Å². The average Bonchev–Trinajstić information content (AvgIpc) is 2.91. The van der Waals surface area contributed by atoms with E-state index >= 15 is 0 Å². The van der Waals surface area contributed by atoms with Gasteiger partial charge in [0.25, 0.3) is 5.91 Å². The first-order chi connectivity index (χ1) is 10.1. The second-order valence-electron chi connectivity index (χ2n) is 5.18. The summed E-state index contributed by atoms with van der Waals surface area (Å²) in [4.78, 5) is 25.3. The molecule has 1 aliphatic rings. The minimum Gasteiger partial charge on any atom is -0.334 e. The van der Waals surface area contributed by atoms with Crippen LogP contribution in [0, 0.1) is 0 Å². The zero-order chi connectivity index (χ0) is 14.8. The van der Waals surface area contributed by atoms with Gasteiger partial charge >= 0.3 is 0 Å². The van der Waals surface area contributed by atoms with Crippen molar-refractivity contribution in [2.24, 2.45) is 0 Å². The van der Waals surface area contributed by atoms with Crippen molar-refractivity contribution in [3.63, 3.8) is 0 Å². The van der Waals surface area contributed by atoms with Gasteiger partial charge in [0.1, 0.15) is 0 Å². The summed E-state index contributed by atoms with van der Waals surface area (Å²) in [6, 6.07) is 14.9. The predicted molar refractivity (Wildman–Crippen MR) is 80.8 cm³/mol. The minimum absolute atomic E-state index is 0.0704. The van der Waals surface area contributed by atoms with Crippen molar-refractivity contribution in [1.29, 1.82) is 0 Å². The molecule has 0 atom stereocenters. The Morgan fingerprint density at radius 1 is 1.00 bits per heavy atom. The van der Waals surface area contributed by atoms with Crippen molar-refractivity contribution in [3.05, 3.63) is 65.2 Å². The summed E-state index contributed by atoms with van der Waals surface area (Å²) < 4.78 is 0. The number of carbonyl (C=O) groups excluding carboxylic acids is 2. The van der Waals surface area contributed by atoms with Crippen molar-refractivity contribution >= 4 is 17.5 Å². The molecule has 3 rings (SSSR count). The SMILES string of the molecule is CC(=O)N1Cc2ccc(NC(=O)c3ccccc3)cc2C1. The normalized spacial score (nSPS) is 12.9. The highest BCUT2D eigenvalue weighted by Crippen LogP contribution is 2.26. The van der Waals surface area contributed by atoms with E-state index in [9.17, 15) is 9.59 Å². The molecule has 0 spiro atoms. The molecule has 0 aromatic heterocycles. The molecule has 1 N–H and O–H groups in total. The molecule has 106 valence electrons. The molecule has 4 nitrogen and oxygen atoms in total. The van der Waals surface area contributed by atoms with Crippen LogP contribution in [0.2, 0.25) is 0 Å². The van der Waals surface area contributed by atoms with Gasteiger partial charge in [0.15, 0.2) is 0 Å². The molecule has 0 radical (unpaired) electrons. The summed E-state index contributed by atoms with van der Waals surface area (Å²) in [5, 5.41) is 2.89. The number of nitrogens with zero attached hydrogens (tertiary/aromatic N) is 1. The minimum atomic E-state index is -0.128. The largest absolute Gasteiger partial charge is 0.334 e. The third-order valence-electron chi connectivity index (χ3n) is 3.67.